The lowest BCUT2D eigenvalue weighted by atomic mass is 10.0. The summed E-state index contributed by atoms with van der Waals surface area (Å²) in [4.78, 5) is 0. The second kappa shape index (κ2) is 5.34. The van der Waals surface area contributed by atoms with Gasteiger partial charge in [-0.05, 0) is 48.9 Å². The summed E-state index contributed by atoms with van der Waals surface area (Å²) in [5.74, 6) is 0.243. The van der Waals surface area contributed by atoms with E-state index in [1.807, 2.05) is 6.92 Å². The SMILES string of the molecule is Cc1c(C(N)c2cc(Cl)ccc2Cl)oc2ccc(F)cc12. The van der Waals surface area contributed by atoms with Gasteiger partial charge in [-0.15, -0.1) is 0 Å². The number of furan rings is 1. The van der Waals surface area contributed by atoms with Gasteiger partial charge >= 0.3 is 0 Å². The topological polar surface area (TPSA) is 39.2 Å². The minimum Gasteiger partial charge on any atom is -0.459 e. The first-order valence-electron chi connectivity index (χ1n) is 6.36. The lowest BCUT2D eigenvalue weighted by Crippen LogP contribution is -2.12. The van der Waals surface area contributed by atoms with Crippen LogP contribution in [-0.2, 0) is 0 Å². The number of rotatable bonds is 2. The molecule has 0 amide bonds. The minimum absolute atomic E-state index is 0.313. The Morgan fingerprint density at radius 2 is 1.90 bits per heavy atom. The Labute approximate surface area is 131 Å². The van der Waals surface area contributed by atoms with Gasteiger partial charge in [0.1, 0.15) is 17.2 Å². The molecule has 0 fully saturated rings. The zero-order valence-electron chi connectivity index (χ0n) is 11.2. The van der Waals surface area contributed by atoms with Crippen LogP contribution in [0.25, 0.3) is 11.0 Å². The van der Waals surface area contributed by atoms with Crippen LogP contribution in [0, 0.1) is 12.7 Å². The van der Waals surface area contributed by atoms with Gasteiger partial charge in [0, 0.05) is 21.0 Å². The van der Waals surface area contributed by atoms with Crippen molar-refractivity contribution < 1.29 is 8.81 Å². The van der Waals surface area contributed by atoms with Crippen LogP contribution in [0.15, 0.2) is 40.8 Å². The van der Waals surface area contributed by atoms with E-state index in [1.54, 1.807) is 24.3 Å². The van der Waals surface area contributed by atoms with Gasteiger partial charge in [0.25, 0.3) is 0 Å². The van der Waals surface area contributed by atoms with E-state index in [1.165, 1.54) is 12.1 Å². The number of benzene rings is 2. The standard InChI is InChI=1S/C16H12Cl2FNO/c1-8-11-7-10(19)3-5-14(11)21-16(8)15(20)12-6-9(17)2-4-13(12)18/h2-7,15H,20H2,1H3. The highest BCUT2D eigenvalue weighted by molar-refractivity contribution is 6.33. The Balaban J connectivity index is 2.15. The van der Waals surface area contributed by atoms with Crippen molar-refractivity contribution in [2.75, 3.05) is 0 Å². The van der Waals surface area contributed by atoms with E-state index >= 15 is 0 Å². The van der Waals surface area contributed by atoms with Crippen LogP contribution in [0.3, 0.4) is 0 Å². The summed E-state index contributed by atoms with van der Waals surface area (Å²) in [6, 6.07) is 8.91. The maximum atomic E-state index is 13.4. The van der Waals surface area contributed by atoms with Crippen molar-refractivity contribution in [1.82, 2.24) is 0 Å². The van der Waals surface area contributed by atoms with Gasteiger partial charge in [-0.25, -0.2) is 4.39 Å². The number of halogens is 3. The minimum atomic E-state index is -0.563. The van der Waals surface area contributed by atoms with Crippen molar-refractivity contribution in [3.05, 3.63) is 69.1 Å². The maximum Gasteiger partial charge on any atom is 0.134 e. The van der Waals surface area contributed by atoms with Crippen molar-refractivity contribution in [3.8, 4) is 0 Å². The molecule has 0 spiro atoms. The van der Waals surface area contributed by atoms with Crippen LogP contribution >= 0.6 is 23.2 Å². The smallest absolute Gasteiger partial charge is 0.134 e. The Kier molecular flexibility index (Phi) is 3.66. The molecule has 0 aliphatic rings. The average Bonchev–Trinajstić information content (AvgIpc) is 2.78. The van der Waals surface area contributed by atoms with E-state index in [4.69, 9.17) is 33.4 Å². The lowest BCUT2D eigenvalue weighted by molar-refractivity contribution is 0.520. The quantitative estimate of drug-likeness (QED) is 0.700. The summed E-state index contributed by atoms with van der Waals surface area (Å²) >= 11 is 12.2. The van der Waals surface area contributed by atoms with Gasteiger partial charge in [-0.2, -0.15) is 0 Å². The van der Waals surface area contributed by atoms with Crippen LogP contribution < -0.4 is 5.73 Å². The summed E-state index contributed by atoms with van der Waals surface area (Å²) < 4.78 is 19.1. The van der Waals surface area contributed by atoms with Gasteiger partial charge in [-0.3, -0.25) is 0 Å². The summed E-state index contributed by atoms with van der Waals surface area (Å²) in [7, 11) is 0. The molecule has 3 aromatic rings. The third-order valence-electron chi connectivity index (χ3n) is 3.51. The van der Waals surface area contributed by atoms with Crippen LogP contribution in [0.5, 0.6) is 0 Å². The predicted molar refractivity (Wildman–Crippen MR) is 83.4 cm³/mol. The Bertz CT molecular complexity index is 829. The second-order valence-electron chi connectivity index (χ2n) is 4.88. The van der Waals surface area contributed by atoms with Gasteiger partial charge in [0.15, 0.2) is 0 Å². The van der Waals surface area contributed by atoms with Crippen molar-refractivity contribution in [1.29, 1.82) is 0 Å². The van der Waals surface area contributed by atoms with E-state index in [0.29, 0.717) is 32.3 Å². The summed E-state index contributed by atoms with van der Waals surface area (Å²) in [6.07, 6.45) is 0. The molecule has 0 radical (unpaired) electrons. The first-order chi connectivity index (χ1) is 9.97. The number of hydrogen-bond acceptors (Lipinski definition) is 2. The fourth-order valence-corrected chi connectivity index (χ4v) is 2.82. The van der Waals surface area contributed by atoms with Crippen LogP contribution in [0.2, 0.25) is 10.0 Å². The Hall–Kier alpha value is -1.55. The molecule has 0 aliphatic heterocycles. The van der Waals surface area contributed by atoms with E-state index in [2.05, 4.69) is 0 Å². The van der Waals surface area contributed by atoms with Gasteiger partial charge < -0.3 is 10.2 Å². The molecular weight excluding hydrogens is 312 g/mol. The first kappa shape index (κ1) is 14.4. The molecule has 108 valence electrons. The molecule has 2 N–H and O–H groups in total. The van der Waals surface area contributed by atoms with Crippen LogP contribution in [-0.4, -0.2) is 0 Å². The highest BCUT2D eigenvalue weighted by atomic mass is 35.5. The van der Waals surface area contributed by atoms with E-state index in [0.717, 1.165) is 5.56 Å². The molecule has 1 aromatic heterocycles. The largest absolute Gasteiger partial charge is 0.459 e. The van der Waals surface area contributed by atoms with E-state index in [9.17, 15) is 4.39 Å². The molecule has 0 saturated carbocycles. The maximum absolute atomic E-state index is 13.4. The van der Waals surface area contributed by atoms with E-state index in [-0.39, 0.29) is 5.82 Å². The molecule has 2 nitrogen and oxygen atoms in total. The molecule has 3 rings (SSSR count). The summed E-state index contributed by atoms with van der Waals surface area (Å²) in [5, 5.41) is 1.76. The predicted octanol–water partition coefficient (Wildman–Crippen LogP) is 5.24. The molecule has 2 aromatic carbocycles. The highest BCUT2D eigenvalue weighted by Crippen LogP contribution is 2.35. The molecule has 0 bridgehead atoms. The Morgan fingerprint density at radius 1 is 1.14 bits per heavy atom. The van der Waals surface area contributed by atoms with Crippen molar-refractivity contribution >= 4 is 34.2 Å². The molecule has 0 saturated heterocycles. The number of hydrogen-bond donors (Lipinski definition) is 1. The average molecular weight is 324 g/mol. The highest BCUT2D eigenvalue weighted by Gasteiger charge is 2.21. The van der Waals surface area contributed by atoms with Crippen molar-refractivity contribution in [2.24, 2.45) is 5.73 Å². The summed E-state index contributed by atoms with van der Waals surface area (Å²) in [5.41, 5.74) is 8.33. The molecule has 1 unspecified atom stereocenters. The fourth-order valence-electron chi connectivity index (χ4n) is 2.40. The number of fused-ring (bicyclic) bond motifs is 1. The third kappa shape index (κ3) is 2.53. The van der Waals surface area contributed by atoms with Crippen LogP contribution in [0.4, 0.5) is 4.39 Å². The molecule has 1 atom stereocenters. The number of nitrogens with two attached hydrogens (primary N) is 1. The van der Waals surface area contributed by atoms with Crippen molar-refractivity contribution in [3.63, 3.8) is 0 Å². The lowest BCUT2D eigenvalue weighted by Gasteiger charge is -2.12. The van der Waals surface area contributed by atoms with Gasteiger partial charge in [0.2, 0.25) is 0 Å². The van der Waals surface area contributed by atoms with Gasteiger partial charge in [-0.1, -0.05) is 23.2 Å². The van der Waals surface area contributed by atoms with Crippen LogP contribution in [0.1, 0.15) is 22.9 Å². The first-order valence-corrected chi connectivity index (χ1v) is 7.12. The number of aryl methyl sites for hydroxylation is 1. The molecular formula is C16H12Cl2FNO. The van der Waals surface area contributed by atoms with E-state index < -0.39 is 6.04 Å². The summed E-state index contributed by atoms with van der Waals surface area (Å²) in [6.45, 7) is 1.85. The normalized spacial score (nSPS) is 12.8. The second-order valence-corrected chi connectivity index (χ2v) is 5.72. The molecule has 1 heterocycles. The molecule has 5 heteroatoms. The zero-order valence-corrected chi connectivity index (χ0v) is 12.7. The monoisotopic (exact) mass is 323 g/mol. The zero-order chi connectivity index (χ0) is 15.1. The van der Waals surface area contributed by atoms with Gasteiger partial charge in [0.05, 0.1) is 6.04 Å². The van der Waals surface area contributed by atoms with Crippen molar-refractivity contribution in [2.45, 2.75) is 13.0 Å². The fraction of sp³-hybridized carbons (Fsp3) is 0.125. The Morgan fingerprint density at radius 3 is 2.67 bits per heavy atom. The molecule has 21 heavy (non-hydrogen) atoms. The molecule has 0 aliphatic carbocycles. The third-order valence-corrected chi connectivity index (χ3v) is 4.09.